The van der Waals surface area contributed by atoms with Crippen molar-refractivity contribution < 1.29 is 22.3 Å². The number of rotatable bonds is 7. The SMILES string of the molecule is CC(C)c1nnc2ccc(-c3cn(C4CCOCC4)nc3-c3ccc(F)cc3F)nn12.CC(C)c1nnc2ccc(-c3cn[nH]c3-c3ccc(F)cc3F)nn12. The molecule has 6 aromatic heterocycles. The fourth-order valence-electron chi connectivity index (χ4n) is 6.59. The van der Waals surface area contributed by atoms with Gasteiger partial charge in [-0.3, -0.25) is 9.78 Å². The van der Waals surface area contributed by atoms with Gasteiger partial charge in [-0.1, -0.05) is 27.7 Å². The van der Waals surface area contributed by atoms with Crippen LogP contribution in [0.25, 0.3) is 56.3 Å². The van der Waals surface area contributed by atoms with Crippen molar-refractivity contribution in [3.63, 3.8) is 0 Å². The third-order valence-electron chi connectivity index (χ3n) is 9.48. The number of aromatic amines is 1. The van der Waals surface area contributed by atoms with Gasteiger partial charge in [0.1, 0.15) is 29.0 Å². The highest BCUT2D eigenvalue weighted by Gasteiger charge is 2.24. The molecule has 1 saturated heterocycles. The number of aromatic nitrogens is 12. The Hall–Kier alpha value is -6.36. The minimum absolute atomic E-state index is 0.136. The van der Waals surface area contributed by atoms with Gasteiger partial charge in [0.05, 0.1) is 29.3 Å². The number of benzene rings is 2. The van der Waals surface area contributed by atoms with Crippen molar-refractivity contribution in [2.45, 2.75) is 58.4 Å². The second kappa shape index (κ2) is 15.1. The van der Waals surface area contributed by atoms with Crippen LogP contribution in [0, 0.1) is 23.3 Å². The van der Waals surface area contributed by atoms with Crippen LogP contribution in [0.15, 0.2) is 73.1 Å². The predicted octanol–water partition coefficient (Wildman–Crippen LogP) is 7.99. The topological polar surface area (TPSA) is 142 Å². The van der Waals surface area contributed by atoms with Gasteiger partial charge in [0.2, 0.25) is 0 Å². The molecule has 0 atom stereocenters. The summed E-state index contributed by atoms with van der Waals surface area (Å²) in [6.07, 6.45) is 5.09. The monoisotopic (exact) mass is 764 g/mol. The Morgan fingerprint density at radius 3 is 1.75 bits per heavy atom. The Labute approximate surface area is 317 Å². The largest absolute Gasteiger partial charge is 0.381 e. The van der Waals surface area contributed by atoms with Crippen molar-refractivity contribution in [1.29, 1.82) is 0 Å². The van der Waals surface area contributed by atoms with Gasteiger partial charge in [-0.2, -0.15) is 29.4 Å². The first kappa shape index (κ1) is 36.6. The number of nitrogens with zero attached hydrogens (tertiary/aromatic N) is 11. The van der Waals surface area contributed by atoms with Gasteiger partial charge in [-0.05, 0) is 61.4 Å². The lowest BCUT2D eigenvalue weighted by molar-refractivity contribution is 0.0663. The van der Waals surface area contributed by atoms with Crippen LogP contribution in [0.5, 0.6) is 0 Å². The summed E-state index contributed by atoms with van der Waals surface area (Å²) in [4.78, 5) is 0. The van der Waals surface area contributed by atoms with E-state index in [-0.39, 0.29) is 29.0 Å². The lowest BCUT2D eigenvalue weighted by atomic mass is 10.0. The van der Waals surface area contributed by atoms with E-state index in [4.69, 9.17) is 14.9 Å². The lowest BCUT2D eigenvalue weighted by Gasteiger charge is -2.22. The summed E-state index contributed by atoms with van der Waals surface area (Å²) in [5.41, 5.74) is 5.06. The van der Waals surface area contributed by atoms with E-state index < -0.39 is 23.3 Å². The number of hydrogen-bond donors (Lipinski definition) is 1. The van der Waals surface area contributed by atoms with Gasteiger partial charge in [0.25, 0.3) is 0 Å². The first-order chi connectivity index (χ1) is 27.0. The molecule has 8 aromatic rings. The molecule has 1 aliphatic rings. The molecule has 17 heteroatoms. The zero-order valence-electron chi connectivity index (χ0n) is 30.8. The fourth-order valence-corrected chi connectivity index (χ4v) is 6.59. The summed E-state index contributed by atoms with van der Waals surface area (Å²) < 4.78 is 66.3. The maximum absolute atomic E-state index is 14.7. The second-order valence-corrected chi connectivity index (χ2v) is 14.0. The molecular formula is C39H36F4N12O. The minimum atomic E-state index is -0.668. The van der Waals surface area contributed by atoms with E-state index in [9.17, 15) is 17.6 Å². The van der Waals surface area contributed by atoms with Gasteiger partial charge in [0.15, 0.2) is 22.9 Å². The number of hydrogen-bond acceptors (Lipinski definition) is 9. The molecule has 56 heavy (non-hydrogen) atoms. The van der Waals surface area contributed by atoms with Gasteiger partial charge in [0, 0.05) is 65.6 Å². The summed E-state index contributed by atoms with van der Waals surface area (Å²) in [6.45, 7) is 9.36. The van der Waals surface area contributed by atoms with Gasteiger partial charge < -0.3 is 4.74 Å². The first-order valence-corrected chi connectivity index (χ1v) is 18.1. The third-order valence-corrected chi connectivity index (χ3v) is 9.48. The van der Waals surface area contributed by atoms with Crippen LogP contribution in [-0.2, 0) is 4.74 Å². The quantitative estimate of drug-likeness (QED) is 0.160. The van der Waals surface area contributed by atoms with E-state index in [1.54, 1.807) is 27.4 Å². The van der Waals surface area contributed by atoms with Crippen LogP contribution < -0.4 is 0 Å². The standard InChI is InChI=1S/C22H22F2N6O.C17H14F2N6/c1-13(2)22-26-25-20-6-5-19(27-30(20)22)17-12-29(15-7-9-31-10-8-15)28-21(17)16-4-3-14(23)11-18(16)24;1-9(2)17-23-21-15-6-5-14(24-25(15)17)12-8-20-22-16(12)11-4-3-10(18)7-13(11)19/h3-6,11-13,15H,7-10H2,1-2H3;3-9H,1-2H3,(H,20,22). The number of nitrogens with one attached hydrogen (secondary N) is 1. The molecule has 13 nitrogen and oxygen atoms in total. The van der Waals surface area contributed by atoms with Gasteiger partial charge in [-0.15, -0.1) is 20.4 Å². The van der Waals surface area contributed by atoms with Crippen LogP contribution >= 0.6 is 0 Å². The molecule has 0 aliphatic carbocycles. The van der Waals surface area contributed by atoms with Crippen molar-refractivity contribution in [2.75, 3.05) is 13.2 Å². The van der Waals surface area contributed by atoms with Crippen molar-refractivity contribution in [2.24, 2.45) is 0 Å². The lowest BCUT2D eigenvalue weighted by Crippen LogP contribution is -2.19. The second-order valence-electron chi connectivity index (χ2n) is 14.0. The Kier molecular flexibility index (Phi) is 9.84. The van der Waals surface area contributed by atoms with Crippen molar-refractivity contribution in [3.8, 4) is 45.0 Å². The Bertz CT molecular complexity index is 2670. The molecular weight excluding hydrogens is 729 g/mol. The van der Waals surface area contributed by atoms with Crippen LogP contribution in [-0.4, -0.2) is 72.8 Å². The molecule has 1 N–H and O–H groups in total. The maximum atomic E-state index is 14.7. The average Bonchev–Trinajstić information content (AvgIpc) is 4.00. The third kappa shape index (κ3) is 7.00. The van der Waals surface area contributed by atoms with E-state index in [0.717, 1.165) is 36.6 Å². The summed E-state index contributed by atoms with van der Waals surface area (Å²) in [6, 6.07) is 14.3. The van der Waals surface area contributed by atoms with Crippen molar-refractivity contribution in [1.82, 2.24) is 59.6 Å². The Morgan fingerprint density at radius 1 is 0.643 bits per heavy atom. The highest BCUT2D eigenvalue weighted by Crippen LogP contribution is 2.35. The molecule has 0 bridgehead atoms. The summed E-state index contributed by atoms with van der Waals surface area (Å²) >= 11 is 0. The first-order valence-electron chi connectivity index (χ1n) is 18.1. The molecule has 1 aliphatic heterocycles. The van der Waals surface area contributed by atoms with Gasteiger partial charge >= 0.3 is 0 Å². The number of ether oxygens (including phenoxy) is 1. The Balaban J connectivity index is 0.000000161. The molecule has 0 amide bonds. The fraction of sp³-hybridized carbons (Fsp3) is 0.282. The Morgan fingerprint density at radius 2 is 1.20 bits per heavy atom. The minimum Gasteiger partial charge on any atom is -0.381 e. The van der Waals surface area contributed by atoms with E-state index >= 15 is 0 Å². The molecule has 2 aromatic carbocycles. The number of fused-ring (bicyclic) bond motifs is 2. The average molecular weight is 765 g/mol. The summed E-state index contributed by atoms with van der Waals surface area (Å²) in [7, 11) is 0. The van der Waals surface area contributed by atoms with E-state index in [1.807, 2.05) is 50.7 Å². The molecule has 9 rings (SSSR count). The van der Waals surface area contributed by atoms with Crippen LogP contribution in [0.1, 0.15) is 70.1 Å². The molecule has 1 fully saturated rings. The molecule has 286 valence electrons. The van der Waals surface area contributed by atoms with E-state index in [0.29, 0.717) is 58.4 Å². The number of H-pyrrole nitrogens is 1. The normalized spacial score (nSPS) is 13.6. The molecule has 0 unspecified atom stereocenters. The predicted molar refractivity (Wildman–Crippen MR) is 198 cm³/mol. The molecule has 0 saturated carbocycles. The highest BCUT2D eigenvalue weighted by molar-refractivity contribution is 5.80. The maximum Gasteiger partial charge on any atom is 0.177 e. The zero-order chi connectivity index (χ0) is 39.1. The zero-order valence-corrected chi connectivity index (χ0v) is 30.8. The van der Waals surface area contributed by atoms with Crippen LogP contribution in [0.2, 0.25) is 0 Å². The van der Waals surface area contributed by atoms with Crippen molar-refractivity contribution in [3.05, 3.63) is 108 Å². The van der Waals surface area contributed by atoms with Gasteiger partial charge in [-0.25, -0.2) is 17.6 Å². The summed E-state index contributed by atoms with van der Waals surface area (Å²) in [5, 5.41) is 37.4. The van der Waals surface area contributed by atoms with E-state index in [1.165, 1.54) is 24.3 Å². The number of halogens is 4. The molecule has 7 heterocycles. The van der Waals surface area contributed by atoms with Crippen LogP contribution in [0.3, 0.4) is 0 Å². The van der Waals surface area contributed by atoms with Crippen molar-refractivity contribution >= 4 is 11.3 Å². The smallest absolute Gasteiger partial charge is 0.177 e. The molecule has 0 spiro atoms. The highest BCUT2D eigenvalue weighted by atomic mass is 19.1. The van der Waals surface area contributed by atoms with E-state index in [2.05, 4.69) is 35.7 Å². The molecule has 0 radical (unpaired) electrons. The summed E-state index contributed by atoms with van der Waals surface area (Å²) in [5.74, 6) is -0.832. The van der Waals surface area contributed by atoms with Crippen LogP contribution in [0.4, 0.5) is 17.6 Å².